The predicted molar refractivity (Wildman–Crippen MR) is 131 cm³/mol. The van der Waals surface area contributed by atoms with E-state index in [1.165, 1.54) is 38.0 Å². The molecule has 1 aromatic heterocycles. The minimum absolute atomic E-state index is 0.101. The molecule has 2 unspecified atom stereocenters. The van der Waals surface area contributed by atoms with Crippen LogP contribution >= 0.6 is 0 Å². The van der Waals surface area contributed by atoms with Crippen molar-refractivity contribution in [2.45, 2.75) is 46.1 Å². The zero-order chi connectivity index (χ0) is 22.2. The molecule has 0 bridgehead atoms. The first-order chi connectivity index (χ1) is 15.5. The molecule has 2 aromatic carbocycles. The number of nitrogens with one attached hydrogen (secondary N) is 2. The number of aryl methyl sites for hydroxylation is 2. The Morgan fingerprint density at radius 3 is 2.81 bits per heavy atom. The lowest BCUT2D eigenvalue weighted by atomic mass is 10.1. The van der Waals surface area contributed by atoms with Crippen LogP contribution < -0.4 is 10.2 Å². The van der Waals surface area contributed by atoms with Crippen LogP contribution in [-0.2, 0) is 0 Å². The number of carbonyl (C=O) groups is 1. The molecular weight excluding hydrogens is 398 g/mol. The van der Waals surface area contributed by atoms with E-state index >= 15 is 0 Å². The molecular formula is C26H33N5O. The van der Waals surface area contributed by atoms with Crippen LogP contribution in [0, 0.1) is 19.8 Å². The minimum atomic E-state index is -0.101. The SMILES string of the molecule is Cc1nc2ccc(C(=O)Nc3ccc(N4CCC(CN5CCCC5C)C4)cc3C)cc2[nH]1. The maximum Gasteiger partial charge on any atom is 0.255 e. The molecule has 1 amide bonds. The summed E-state index contributed by atoms with van der Waals surface area (Å²) in [5.41, 5.74) is 5.60. The molecule has 0 aliphatic carbocycles. The van der Waals surface area contributed by atoms with Gasteiger partial charge in [0.05, 0.1) is 11.0 Å². The van der Waals surface area contributed by atoms with E-state index in [0.29, 0.717) is 5.56 Å². The van der Waals surface area contributed by atoms with Crippen molar-refractivity contribution < 1.29 is 4.79 Å². The number of likely N-dealkylation sites (tertiary alicyclic amines) is 1. The molecule has 6 nitrogen and oxygen atoms in total. The molecule has 3 aromatic rings. The second-order valence-electron chi connectivity index (χ2n) is 9.59. The van der Waals surface area contributed by atoms with E-state index in [2.05, 4.69) is 51.1 Å². The third-order valence-electron chi connectivity index (χ3n) is 7.15. The van der Waals surface area contributed by atoms with Crippen molar-refractivity contribution in [3.05, 3.63) is 53.3 Å². The summed E-state index contributed by atoms with van der Waals surface area (Å²) >= 11 is 0. The van der Waals surface area contributed by atoms with Crippen LogP contribution in [0.5, 0.6) is 0 Å². The number of nitrogens with zero attached hydrogens (tertiary/aromatic N) is 3. The highest BCUT2D eigenvalue weighted by Crippen LogP contribution is 2.29. The third-order valence-corrected chi connectivity index (χ3v) is 7.15. The van der Waals surface area contributed by atoms with E-state index < -0.39 is 0 Å². The van der Waals surface area contributed by atoms with Gasteiger partial charge in [0.15, 0.2) is 0 Å². The van der Waals surface area contributed by atoms with E-state index in [0.717, 1.165) is 53.2 Å². The summed E-state index contributed by atoms with van der Waals surface area (Å²) in [7, 11) is 0. The molecule has 0 radical (unpaired) electrons. The molecule has 2 aliphatic heterocycles. The smallest absolute Gasteiger partial charge is 0.255 e. The molecule has 2 saturated heterocycles. The highest BCUT2D eigenvalue weighted by atomic mass is 16.1. The van der Waals surface area contributed by atoms with Crippen molar-refractivity contribution in [1.29, 1.82) is 0 Å². The molecule has 2 fully saturated rings. The Labute approximate surface area is 190 Å². The third kappa shape index (κ3) is 4.24. The normalized spacial score (nSPS) is 21.5. The van der Waals surface area contributed by atoms with Crippen molar-refractivity contribution in [3.8, 4) is 0 Å². The summed E-state index contributed by atoms with van der Waals surface area (Å²) in [4.78, 5) is 25.6. The molecule has 2 aliphatic rings. The molecule has 0 saturated carbocycles. The van der Waals surface area contributed by atoms with Gasteiger partial charge in [0.1, 0.15) is 5.82 Å². The summed E-state index contributed by atoms with van der Waals surface area (Å²) in [5, 5.41) is 3.08. The number of H-pyrrole nitrogens is 1. The summed E-state index contributed by atoms with van der Waals surface area (Å²) < 4.78 is 0. The van der Waals surface area contributed by atoms with Gasteiger partial charge in [-0.15, -0.1) is 0 Å². The fourth-order valence-corrected chi connectivity index (χ4v) is 5.27. The van der Waals surface area contributed by atoms with Crippen LogP contribution in [0.15, 0.2) is 36.4 Å². The number of hydrogen-bond donors (Lipinski definition) is 2. The topological polar surface area (TPSA) is 64.3 Å². The minimum Gasteiger partial charge on any atom is -0.371 e. The summed E-state index contributed by atoms with van der Waals surface area (Å²) in [5.74, 6) is 1.50. The Kier molecular flexibility index (Phi) is 5.64. The fraction of sp³-hybridized carbons (Fsp3) is 0.462. The maximum atomic E-state index is 12.8. The van der Waals surface area contributed by atoms with Gasteiger partial charge in [-0.2, -0.15) is 0 Å². The van der Waals surface area contributed by atoms with E-state index in [1.807, 2.05) is 31.2 Å². The number of hydrogen-bond acceptors (Lipinski definition) is 4. The molecule has 0 spiro atoms. The van der Waals surface area contributed by atoms with Gasteiger partial charge in [0.2, 0.25) is 0 Å². The number of aromatic amines is 1. The maximum absolute atomic E-state index is 12.8. The quantitative estimate of drug-likeness (QED) is 0.612. The Hall–Kier alpha value is -2.86. The Morgan fingerprint density at radius 2 is 2.03 bits per heavy atom. The lowest BCUT2D eigenvalue weighted by Gasteiger charge is -2.25. The second-order valence-corrected chi connectivity index (χ2v) is 9.59. The lowest BCUT2D eigenvalue weighted by molar-refractivity contribution is 0.102. The average Bonchev–Trinajstić information content (AvgIpc) is 3.49. The van der Waals surface area contributed by atoms with Gasteiger partial charge in [0, 0.05) is 42.6 Å². The summed E-state index contributed by atoms with van der Waals surface area (Å²) in [6, 6.07) is 12.7. The van der Waals surface area contributed by atoms with Crippen LogP contribution in [0.25, 0.3) is 11.0 Å². The van der Waals surface area contributed by atoms with Crippen LogP contribution in [0.1, 0.15) is 47.9 Å². The van der Waals surface area contributed by atoms with Crippen LogP contribution in [0.3, 0.4) is 0 Å². The standard InChI is InChI=1S/C26H33N5O/c1-17-13-22(31-12-10-20(16-31)15-30-11-4-5-18(30)2)7-9-23(17)29-26(32)21-6-8-24-25(14-21)28-19(3)27-24/h6-9,13-14,18,20H,4-5,10-12,15-16H2,1-3H3,(H,27,28)(H,29,32). The van der Waals surface area contributed by atoms with E-state index in [4.69, 9.17) is 0 Å². The summed E-state index contributed by atoms with van der Waals surface area (Å²) in [6.07, 6.45) is 3.95. The first-order valence-corrected chi connectivity index (χ1v) is 11.8. The molecule has 2 N–H and O–H groups in total. The first-order valence-electron chi connectivity index (χ1n) is 11.8. The Morgan fingerprint density at radius 1 is 1.16 bits per heavy atom. The number of rotatable bonds is 5. The highest BCUT2D eigenvalue weighted by molar-refractivity contribution is 6.06. The van der Waals surface area contributed by atoms with E-state index in [1.54, 1.807) is 0 Å². The molecule has 6 heteroatoms. The lowest BCUT2D eigenvalue weighted by Crippen LogP contribution is -2.33. The number of amides is 1. The van der Waals surface area contributed by atoms with Gasteiger partial charge < -0.3 is 20.1 Å². The van der Waals surface area contributed by atoms with Crippen molar-refractivity contribution in [1.82, 2.24) is 14.9 Å². The predicted octanol–water partition coefficient (Wildman–Crippen LogP) is 4.74. The van der Waals surface area contributed by atoms with Crippen molar-refractivity contribution >= 4 is 28.3 Å². The van der Waals surface area contributed by atoms with E-state index in [-0.39, 0.29) is 5.91 Å². The van der Waals surface area contributed by atoms with Crippen molar-refractivity contribution in [2.24, 2.45) is 5.92 Å². The number of anilines is 2. The van der Waals surface area contributed by atoms with E-state index in [9.17, 15) is 4.79 Å². The molecule has 3 heterocycles. The van der Waals surface area contributed by atoms with Crippen LogP contribution in [0.2, 0.25) is 0 Å². The van der Waals surface area contributed by atoms with Gasteiger partial charge in [-0.1, -0.05) is 0 Å². The van der Waals surface area contributed by atoms with Crippen molar-refractivity contribution in [3.63, 3.8) is 0 Å². The number of imidazole rings is 1. The van der Waals surface area contributed by atoms with Gasteiger partial charge in [-0.05, 0) is 94.5 Å². The summed E-state index contributed by atoms with van der Waals surface area (Å²) in [6.45, 7) is 11.1. The zero-order valence-electron chi connectivity index (χ0n) is 19.3. The average molecular weight is 432 g/mol. The monoisotopic (exact) mass is 431 g/mol. The Balaban J connectivity index is 1.23. The Bertz CT molecular complexity index is 1140. The van der Waals surface area contributed by atoms with Gasteiger partial charge in [-0.25, -0.2) is 4.98 Å². The van der Waals surface area contributed by atoms with Crippen LogP contribution in [0.4, 0.5) is 11.4 Å². The number of aromatic nitrogens is 2. The molecule has 2 atom stereocenters. The van der Waals surface area contributed by atoms with Gasteiger partial charge in [0.25, 0.3) is 5.91 Å². The second kappa shape index (κ2) is 8.58. The van der Waals surface area contributed by atoms with Crippen LogP contribution in [-0.4, -0.2) is 53.0 Å². The largest absolute Gasteiger partial charge is 0.371 e. The molecule has 168 valence electrons. The first kappa shape index (κ1) is 21.0. The van der Waals surface area contributed by atoms with Gasteiger partial charge >= 0.3 is 0 Å². The van der Waals surface area contributed by atoms with Crippen molar-refractivity contribution in [2.75, 3.05) is 36.4 Å². The number of carbonyl (C=O) groups excluding carboxylic acids is 1. The highest BCUT2D eigenvalue weighted by Gasteiger charge is 2.28. The molecule has 5 rings (SSSR count). The zero-order valence-corrected chi connectivity index (χ0v) is 19.3. The fourth-order valence-electron chi connectivity index (χ4n) is 5.27. The van der Waals surface area contributed by atoms with Gasteiger partial charge in [-0.3, -0.25) is 4.79 Å². The molecule has 32 heavy (non-hydrogen) atoms. The number of benzene rings is 2. The number of fused-ring (bicyclic) bond motifs is 1.